The van der Waals surface area contributed by atoms with Crippen molar-refractivity contribution in [3.63, 3.8) is 0 Å². The molecule has 7 nitrogen and oxygen atoms in total. The maximum Gasteiger partial charge on any atom is 0.239 e. The fourth-order valence-corrected chi connectivity index (χ4v) is 6.07. The van der Waals surface area contributed by atoms with Crippen LogP contribution < -0.4 is 22.1 Å². The number of hydrogen-bond donors (Lipinski definition) is 5. The lowest BCUT2D eigenvalue weighted by Crippen LogP contribution is -2.52. The van der Waals surface area contributed by atoms with Gasteiger partial charge in [-0.05, 0) is 53.1 Å². The van der Waals surface area contributed by atoms with E-state index in [-0.39, 0.29) is 35.9 Å². The Morgan fingerprint density at radius 1 is 0.929 bits per heavy atom. The maximum atomic E-state index is 14.1. The number of amides is 1. The molecule has 1 unspecified atom stereocenters. The molecule has 0 aliphatic carbocycles. The quantitative estimate of drug-likeness (QED) is 0.106. The topological polar surface area (TPSA) is 120 Å². The first-order valence-corrected chi connectivity index (χ1v) is 14.9. The summed E-state index contributed by atoms with van der Waals surface area (Å²) < 4.78 is 0. The SMILES string of the molecule is N=C(N)NCCC[C@@H]1N[C@H](C(N)Cc2ccc3ccccc3c2)CCN(CC(c2ccccc2)c2ccccc2)C1=O. The smallest absolute Gasteiger partial charge is 0.239 e. The highest BCUT2D eigenvalue weighted by Gasteiger charge is 2.34. The van der Waals surface area contributed by atoms with Crippen molar-refractivity contribution in [1.29, 1.82) is 5.41 Å². The molecular weight excluding hydrogens is 520 g/mol. The van der Waals surface area contributed by atoms with Crippen LogP contribution in [-0.4, -0.2) is 54.5 Å². The second kappa shape index (κ2) is 14.1. The number of fused-ring (bicyclic) bond motifs is 1. The number of guanidine groups is 1. The fourth-order valence-electron chi connectivity index (χ4n) is 6.07. The molecule has 1 heterocycles. The maximum absolute atomic E-state index is 14.1. The Bertz CT molecular complexity index is 1420. The number of carbonyl (C=O) groups excluding carboxylic acids is 1. The molecule has 218 valence electrons. The highest BCUT2D eigenvalue weighted by molar-refractivity contribution is 5.83. The third-order valence-electron chi connectivity index (χ3n) is 8.33. The number of rotatable bonds is 11. The largest absolute Gasteiger partial charge is 0.370 e. The summed E-state index contributed by atoms with van der Waals surface area (Å²) in [4.78, 5) is 16.1. The highest BCUT2D eigenvalue weighted by Crippen LogP contribution is 2.27. The van der Waals surface area contributed by atoms with Gasteiger partial charge in [0.05, 0.1) is 6.04 Å². The van der Waals surface area contributed by atoms with Crippen LogP contribution in [0.3, 0.4) is 0 Å². The molecule has 7 N–H and O–H groups in total. The monoisotopic (exact) mass is 562 g/mol. The molecule has 1 saturated heterocycles. The van der Waals surface area contributed by atoms with Crippen LogP contribution in [0.4, 0.5) is 0 Å². The Hall–Kier alpha value is -4.20. The second-order valence-electron chi connectivity index (χ2n) is 11.3. The van der Waals surface area contributed by atoms with Crippen molar-refractivity contribution in [1.82, 2.24) is 15.5 Å². The van der Waals surface area contributed by atoms with Gasteiger partial charge < -0.3 is 27.0 Å². The molecule has 0 saturated carbocycles. The summed E-state index contributed by atoms with van der Waals surface area (Å²) >= 11 is 0. The van der Waals surface area contributed by atoms with Crippen molar-refractivity contribution in [3.05, 3.63) is 120 Å². The normalized spacial score (nSPS) is 18.1. The summed E-state index contributed by atoms with van der Waals surface area (Å²) in [6, 6.07) is 35.3. The standard InChI is InChI=1S/C35H42N6O/c36-31(23-25-17-18-26-10-7-8-15-29(26)22-25)32-19-21-41(34(42)33(40-32)16-9-20-39-35(37)38)24-30(27-11-3-1-4-12-27)28-13-5-2-6-14-28/h1-8,10-15,17-18,22,30-33,40H,9,16,19-21,23-24,36H2,(H4,37,38,39)/t31?,32-,33-/m0/s1. The third kappa shape index (κ3) is 7.55. The van der Waals surface area contributed by atoms with Crippen LogP contribution in [0.15, 0.2) is 103 Å². The number of benzene rings is 4. The van der Waals surface area contributed by atoms with E-state index < -0.39 is 0 Å². The molecule has 4 aromatic carbocycles. The predicted molar refractivity (Wildman–Crippen MR) is 171 cm³/mol. The minimum absolute atomic E-state index is 0.0110. The lowest BCUT2D eigenvalue weighted by molar-refractivity contribution is -0.133. The molecule has 0 radical (unpaired) electrons. The van der Waals surface area contributed by atoms with E-state index in [1.165, 1.54) is 27.5 Å². The summed E-state index contributed by atoms with van der Waals surface area (Å²) in [7, 11) is 0. The molecule has 1 aliphatic heterocycles. The van der Waals surface area contributed by atoms with E-state index >= 15 is 0 Å². The molecule has 5 rings (SSSR count). The second-order valence-corrected chi connectivity index (χ2v) is 11.3. The van der Waals surface area contributed by atoms with Crippen molar-refractivity contribution in [3.8, 4) is 0 Å². The summed E-state index contributed by atoms with van der Waals surface area (Å²) in [6.45, 7) is 1.79. The number of hydrogen-bond acceptors (Lipinski definition) is 4. The van der Waals surface area contributed by atoms with Crippen molar-refractivity contribution >= 4 is 22.6 Å². The van der Waals surface area contributed by atoms with Crippen LogP contribution in [0.5, 0.6) is 0 Å². The molecule has 1 amide bonds. The van der Waals surface area contributed by atoms with Gasteiger partial charge in [-0.3, -0.25) is 10.2 Å². The van der Waals surface area contributed by atoms with Gasteiger partial charge in [-0.1, -0.05) is 103 Å². The Kier molecular flexibility index (Phi) is 9.85. The van der Waals surface area contributed by atoms with Gasteiger partial charge in [0.2, 0.25) is 5.91 Å². The van der Waals surface area contributed by atoms with Crippen LogP contribution in [-0.2, 0) is 11.2 Å². The molecule has 0 bridgehead atoms. The number of nitrogens with two attached hydrogens (primary N) is 2. The van der Waals surface area contributed by atoms with Crippen LogP contribution in [0.2, 0.25) is 0 Å². The van der Waals surface area contributed by atoms with Gasteiger partial charge in [-0.2, -0.15) is 0 Å². The van der Waals surface area contributed by atoms with E-state index in [2.05, 4.69) is 102 Å². The fraction of sp³-hybridized carbons (Fsp3) is 0.314. The van der Waals surface area contributed by atoms with Gasteiger partial charge in [0.1, 0.15) is 0 Å². The van der Waals surface area contributed by atoms with Gasteiger partial charge in [-0.15, -0.1) is 0 Å². The average Bonchev–Trinajstić information content (AvgIpc) is 3.17. The zero-order chi connectivity index (χ0) is 29.3. The summed E-state index contributed by atoms with van der Waals surface area (Å²) in [5.41, 5.74) is 16.0. The van der Waals surface area contributed by atoms with E-state index in [0.29, 0.717) is 32.5 Å². The van der Waals surface area contributed by atoms with E-state index in [0.717, 1.165) is 12.8 Å². The first kappa shape index (κ1) is 29.3. The summed E-state index contributed by atoms with van der Waals surface area (Å²) in [5, 5.41) is 16.4. The minimum atomic E-state index is -0.360. The molecule has 3 atom stereocenters. The first-order valence-electron chi connectivity index (χ1n) is 14.9. The third-order valence-corrected chi connectivity index (χ3v) is 8.33. The number of nitrogens with one attached hydrogen (secondary N) is 3. The van der Waals surface area contributed by atoms with E-state index in [1.54, 1.807) is 0 Å². The van der Waals surface area contributed by atoms with Gasteiger partial charge in [0, 0.05) is 37.6 Å². The van der Waals surface area contributed by atoms with E-state index in [1.807, 2.05) is 17.0 Å². The number of nitrogens with zero attached hydrogens (tertiary/aromatic N) is 1. The molecule has 1 fully saturated rings. The lowest BCUT2D eigenvalue weighted by atomic mass is 9.90. The van der Waals surface area contributed by atoms with Gasteiger partial charge in [0.15, 0.2) is 5.96 Å². The van der Waals surface area contributed by atoms with Crippen molar-refractivity contribution < 1.29 is 4.79 Å². The minimum Gasteiger partial charge on any atom is -0.370 e. The van der Waals surface area contributed by atoms with Crippen molar-refractivity contribution in [2.75, 3.05) is 19.6 Å². The molecule has 1 aliphatic rings. The molecule has 0 aromatic heterocycles. The Labute approximate surface area is 248 Å². The van der Waals surface area contributed by atoms with E-state index in [9.17, 15) is 4.79 Å². The van der Waals surface area contributed by atoms with Crippen LogP contribution in [0.1, 0.15) is 41.9 Å². The summed E-state index contributed by atoms with van der Waals surface area (Å²) in [6.07, 6.45) is 2.85. The zero-order valence-corrected chi connectivity index (χ0v) is 24.1. The van der Waals surface area contributed by atoms with Gasteiger partial charge in [-0.25, -0.2) is 0 Å². The van der Waals surface area contributed by atoms with Crippen molar-refractivity contribution in [2.24, 2.45) is 11.5 Å². The molecule has 4 aromatic rings. The Morgan fingerprint density at radius 3 is 2.24 bits per heavy atom. The molecule has 42 heavy (non-hydrogen) atoms. The Balaban J connectivity index is 1.35. The van der Waals surface area contributed by atoms with Crippen LogP contribution in [0, 0.1) is 5.41 Å². The van der Waals surface area contributed by atoms with Gasteiger partial charge >= 0.3 is 0 Å². The molecule has 0 spiro atoms. The average molecular weight is 563 g/mol. The Morgan fingerprint density at radius 2 is 1.57 bits per heavy atom. The molecular formula is C35H42N6O. The van der Waals surface area contributed by atoms with Gasteiger partial charge in [0.25, 0.3) is 0 Å². The van der Waals surface area contributed by atoms with Crippen LogP contribution in [0.25, 0.3) is 10.8 Å². The lowest BCUT2D eigenvalue weighted by Gasteiger charge is -2.29. The first-order chi connectivity index (χ1) is 20.5. The summed E-state index contributed by atoms with van der Waals surface area (Å²) in [5.74, 6) is 0.120. The van der Waals surface area contributed by atoms with Crippen molar-refractivity contribution in [2.45, 2.75) is 49.7 Å². The van der Waals surface area contributed by atoms with E-state index in [4.69, 9.17) is 16.9 Å². The zero-order valence-electron chi connectivity index (χ0n) is 24.1. The highest BCUT2D eigenvalue weighted by atomic mass is 16.2. The molecule has 7 heteroatoms. The van der Waals surface area contributed by atoms with Crippen LogP contribution >= 0.6 is 0 Å². The predicted octanol–water partition coefficient (Wildman–Crippen LogP) is 4.36. The number of carbonyl (C=O) groups is 1.